The zero-order valence-corrected chi connectivity index (χ0v) is 13.8. The standard InChI is InChI=1S/C17H25N3O3/c1-4-11(18)9-23-17(5-2)8-6-7-12-14(17)15(19)13(16(21)22)10(3)20-12/h6-8,11,20H,4-5,9,18-19H2,1-3H3,(H,21,22). The highest BCUT2D eigenvalue weighted by molar-refractivity contribution is 5.94. The molecule has 0 bridgehead atoms. The minimum atomic E-state index is -1.05. The SMILES string of the molecule is CCC(N)COC1(CC)C=CC=C2NC(C)=C(C(=O)O)C(N)=C21. The number of fused-ring (bicyclic) bond motifs is 1. The third kappa shape index (κ3) is 3.04. The molecule has 0 saturated carbocycles. The molecule has 0 aromatic rings. The summed E-state index contributed by atoms with van der Waals surface area (Å²) < 4.78 is 6.13. The molecule has 1 heterocycles. The van der Waals surface area contributed by atoms with Crippen LogP contribution in [0.2, 0.25) is 0 Å². The maximum atomic E-state index is 11.6. The Morgan fingerprint density at radius 3 is 2.74 bits per heavy atom. The van der Waals surface area contributed by atoms with E-state index in [0.717, 1.165) is 12.1 Å². The lowest BCUT2D eigenvalue weighted by Crippen LogP contribution is -2.44. The van der Waals surface area contributed by atoms with Crippen molar-refractivity contribution in [2.24, 2.45) is 11.5 Å². The molecule has 0 radical (unpaired) electrons. The number of dihydropyridines is 1. The lowest BCUT2D eigenvalue weighted by Gasteiger charge is -2.40. The minimum absolute atomic E-state index is 0.0734. The number of rotatable bonds is 6. The van der Waals surface area contributed by atoms with Crippen molar-refractivity contribution < 1.29 is 14.6 Å². The molecule has 6 heteroatoms. The van der Waals surface area contributed by atoms with Crippen molar-refractivity contribution in [3.63, 3.8) is 0 Å². The van der Waals surface area contributed by atoms with E-state index in [0.29, 0.717) is 24.3 Å². The molecule has 2 atom stereocenters. The number of carbonyl (C=O) groups is 1. The van der Waals surface area contributed by atoms with Gasteiger partial charge < -0.3 is 26.6 Å². The first kappa shape index (κ1) is 17.3. The molecule has 23 heavy (non-hydrogen) atoms. The number of allylic oxidation sites excluding steroid dienone is 3. The molecule has 2 rings (SSSR count). The van der Waals surface area contributed by atoms with E-state index in [-0.39, 0.29) is 17.3 Å². The Morgan fingerprint density at radius 2 is 2.17 bits per heavy atom. The van der Waals surface area contributed by atoms with Gasteiger partial charge in [-0.2, -0.15) is 0 Å². The Kier molecular flexibility index (Phi) is 4.97. The predicted molar refractivity (Wildman–Crippen MR) is 89.1 cm³/mol. The Labute approximate surface area is 136 Å². The van der Waals surface area contributed by atoms with E-state index in [9.17, 15) is 9.90 Å². The summed E-state index contributed by atoms with van der Waals surface area (Å²) >= 11 is 0. The molecule has 6 nitrogen and oxygen atoms in total. The summed E-state index contributed by atoms with van der Waals surface area (Å²) in [5.41, 5.74) is 13.7. The molecule has 0 fully saturated rings. The summed E-state index contributed by atoms with van der Waals surface area (Å²) in [5.74, 6) is -1.05. The predicted octanol–water partition coefficient (Wildman–Crippen LogP) is 1.52. The van der Waals surface area contributed by atoms with Crippen molar-refractivity contribution in [1.29, 1.82) is 0 Å². The van der Waals surface area contributed by atoms with Gasteiger partial charge in [0.1, 0.15) is 11.2 Å². The second-order valence-corrected chi connectivity index (χ2v) is 5.88. The van der Waals surface area contributed by atoms with E-state index in [4.69, 9.17) is 16.2 Å². The summed E-state index contributed by atoms with van der Waals surface area (Å²) in [6, 6.07) is -0.0734. The van der Waals surface area contributed by atoms with Crippen molar-refractivity contribution in [2.45, 2.75) is 45.3 Å². The number of hydrogen-bond acceptors (Lipinski definition) is 5. The Hall–Kier alpha value is -2.05. The Morgan fingerprint density at radius 1 is 1.48 bits per heavy atom. The van der Waals surface area contributed by atoms with Gasteiger partial charge in [0.2, 0.25) is 0 Å². The summed E-state index contributed by atoms with van der Waals surface area (Å²) in [4.78, 5) is 11.6. The molecule has 0 aromatic carbocycles. The van der Waals surface area contributed by atoms with Gasteiger partial charge in [0.15, 0.2) is 0 Å². The maximum Gasteiger partial charge on any atom is 0.339 e. The van der Waals surface area contributed by atoms with Gasteiger partial charge in [-0.15, -0.1) is 0 Å². The van der Waals surface area contributed by atoms with Crippen LogP contribution in [0.5, 0.6) is 0 Å². The highest BCUT2D eigenvalue weighted by Crippen LogP contribution is 2.40. The van der Waals surface area contributed by atoms with Crippen LogP contribution >= 0.6 is 0 Å². The lowest BCUT2D eigenvalue weighted by atomic mass is 9.80. The van der Waals surface area contributed by atoms with E-state index < -0.39 is 11.6 Å². The minimum Gasteiger partial charge on any atom is -0.478 e. The zero-order chi connectivity index (χ0) is 17.2. The fourth-order valence-corrected chi connectivity index (χ4v) is 2.93. The molecule has 1 aliphatic heterocycles. The zero-order valence-electron chi connectivity index (χ0n) is 13.8. The normalized spacial score (nSPS) is 25.0. The van der Waals surface area contributed by atoms with Gasteiger partial charge in [0.05, 0.1) is 12.3 Å². The van der Waals surface area contributed by atoms with Gasteiger partial charge in [-0.1, -0.05) is 19.9 Å². The molecular formula is C17H25N3O3. The van der Waals surface area contributed by atoms with Crippen LogP contribution < -0.4 is 16.8 Å². The molecule has 2 aliphatic rings. The lowest BCUT2D eigenvalue weighted by molar-refractivity contribution is -0.132. The second kappa shape index (κ2) is 6.60. The Balaban J connectivity index is 2.50. The quantitative estimate of drug-likeness (QED) is 0.591. The highest BCUT2D eigenvalue weighted by atomic mass is 16.5. The molecule has 2 unspecified atom stereocenters. The van der Waals surface area contributed by atoms with Crippen LogP contribution in [-0.2, 0) is 9.53 Å². The smallest absolute Gasteiger partial charge is 0.339 e. The first-order valence-corrected chi connectivity index (χ1v) is 7.87. The second-order valence-electron chi connectivity index (χ2n) is 5.88. The summed E-state index contributed by atoms with van der Waals surface area (Å²) in [7, 11) is 0. The molecule has 1 aliphatic carbocycles. The molecule has 0 saturated heterocycles. The van der Waals surface area contributed by atoms with E-state index >= 15 is 0 Å². The van der Waals surface area contributed by atoms with Crippen LogP contribution in [0.15, 0.2) is 46.5 Å². The van der Waals surface area contributed by atoms with Gasteiger partial charge >= 0.3 is 5.97 Å². The number of nitrogens with one attached hydrogen (secondary N) is 1. The topological polar surface area (TPSA) is 111 Å². The third-order valence-electron chi connectivity index (χ3n) is 4.38. The largest absolute Gasteiger partial charge is 0.478 e. The van der Waals surface area contributed by atoms with Crippen LogP contribution in [0.25, 0.3) is 0 Å². The van der Waals surface area contributed by atoms with Gasteiger partial charge in [-0.05, 0) is 31.9 Å². The highest BCUT2D eigenvalue weighted by Gasteiger charge is 2.40. The van der Waals surface area contributed by atoms with Crippen LogP contribution in [0.4, 0.5) is 0 Å². The van der Waals surface area contributed by atoms with Crippen LogP contribution in [0, 0.1) is 0 Å². The average molecular weight is 319 g/mol. The summed E-state index contributed by atoms with van der Waals surface area (Å²) in [6.07, 6.45) is 7.13. The average Bonchev–Trinajstić information content (AvgIpc) is 2.51. The van der Waals surface area contributed by atoms with Crippen molar-refractivity contribution in [1.82, 2.24) is 5.32 Å². The number of aliphatic carboxylic acids is 1. The first-order chi connectivity index (χ1) is 10.9. The third-order valence-corrected chi connectivity index (χ3v) is 4.38. The number of hydrogen-bond donors (Lipinski definition) is 4. The molecule has 0 aromatic heterocycles. The van der Waals surface area contributed by atoms with Crippen molar-refractivity contribution in [3.8, 4) is 0 Å². The number of nitrogens with two attached hydrogens (primary N) is 2. The van der Waals surface area contributed by atoms with E-state index in [2.05, 4.69) is 5.32 Å². The van der Waals surface area contributed by atoms with E-state index in [1.807, 2.05) is 32.1 Å². The molecule has 126 valence electrons. The summed E-state index contributed by atoms with van der Waals surface area (Å²) in [6.45, 7) is 6.06. The van der Waals surface area contributed by atoms with Crippen LogP contribution in [0.3, 0.4) is 0 Å². The van der Waals surface area contributed by atoms with E-state index in [1.54, 1.807) is 6.92 Å². The van der Waals surface area contributed by atoms with Crippen molar-refractivity contribution in [2.75, 3.05) is 6.61 Å². The number of ether oxygens (including phenoxy) is 1. The fraction of sp³-hybridized carbons (Fsp3) is 0.471. The number of carboxylic acids is 1. The van der Waals surface area contributed by atoms with Gasteiger partial charge in [-0.25, -0.2) is 4.79 Å². The monoisotopic (exact) mass is 319 g/mol. The van der Waals surface area contributed by atoms with Gasteiger partial charge in [0, 0.05) is 23.0 Å². The number of carboxylic acid groups (broad SMARTS) is 1. The Bertz CT molecular complexity index is 631. The molecule has 0 spiro atoms. The fourth-order valence-electron chi connectivity index (χ4n) is 2.93. The first-order valence-electron chi connectivity index (χ1n) is 7.87. The molecule has 0 amide bonds. The molecule has 6 N–H and O–H groups in total. The van der Waals surface area contributed by atoms with E-state index in [1.165, 1.54) is 0 Å². The van der Waals surface area contributed by atoms with Gasteiger partial charge in [-0.3, -0.25) is 0 Å². The molecular weight excluding hydrogens is 294 g/mol. The van der Waals surface area contributed by atoms with Gasteiger partial charge in [0.25, 0.3) is 0 Å². The van der Waals surface area contributed by atoms with Crippen LogP contribution in [-0.4, -0.2) is 29.3 Å². The summed E-state index contributed by atoms with van der Waals surface area (Å²) in [5, 5.41) is 12.6. The van der Waals surface area contributed by atoms with Crippen molar-refractivity contribution >= 4 is 5.97 Å². The van der Waals surface area contributed by atoms with Crippen molar-refractivity contribution in [3.05, 3.63) is 46.5 Å². The maximum absolute atomic E-state index is 11.6. The van der Waals surface area contributed by atoms with Crippen LogP contribution in [0.1, 0.15) is 33.6 Å².